The standard InChI is InChI=1S/C21H20O6/c1-12-6-5-7-13(2)19(12)26-17-11-25-16-10-14(8-9-15(16)18(17)22)27-21(3,4)20(23)24/h5-11H,1-4H3,(H,23,24). The molecule has 2 aromatic carbocycles. The van der Waals surface area contributed by atoms with Crippen LogP contribution in [0.4, 0.5) is 0 Å². The largest absolute Gasteiger partial charge is 0.478 e. The summed E-state index contributed by atoms with van der Waals surface area (Å²) in [6.45, 7) is 6.69. The molecule has 0 bridgehead atoms. The van der Waals surface area contributed by atoms with Gasteiger partial charge in [0.15, 0.2) is 5.60 Å². The molecule has 0 aliphatic carbocycles. The number of hydrogen-bond donors (Lipinski definition) is 1. The fourth-order valence-corrected chi connectivity index (χ4v) is 2.63. The highest BCUT2D eigenvalue weighted by atomic mass is 16.5. The van der Waals surface area contributed by atoms with Crippen LogP contribution in [-0.2, 0) is 4.79 Å². The quantitative estimate of drug-likeness (QED) is 0.716. The van der Waals surface area contributed by atoms with Crippen LogP contribution in [0.25, 0.3) is 11.0 Å². The summed E-state index contributed by atoms with van der Waals surface area (Å²) >= 11 is 0. The molecule has 0 aliphatic rings. The van der Waals surface area contributed by atoms with Gasteiger partial charge in [0.2, 0.25) is 11.2 Å². The lowest BCUT2D eigenvalue weighted by atomic mass is 10.1. The molecule has 3 rings (SSSR count). The van der Waals surface area contributed by atoms with E-state index in [1.807, 2.05) is 32.0 Å². The van der Waals surface area contributed by atoms with Gasteiger partial charge in [-0.2, -0.15) is 0 Å². The monoisotopic (exact) mass is 368 g/mol. The van der Waals surface area contributed by atoms with Gasteiger partial charge in [0.1, 0.15) is 23.3 Å². The molecule has 27 heavy (non-hydrogen) atoms. The average molecular weight is 368 g/mol. The van der Waals surface area contributed by atoms with E-state index in [4.69, 9.17) is 19.0 Å². The molecule has 1 heterocycles. The van der Waals surface area contributed by atoms with Crippen LogP contribution in [-0.4, -0.2) is 16.7 Å². The lowest BCUT2D eigenvalue weighted by Gasteiger charge is -2.21. The van der Waals surface area contributed by atoms with E-state index >= 15 is 0 Å². The maximum Gasteiger partial charge on any atom is 0.347 e. The maximum absolute atomic E-state index is 12.7. The molecule has 0 saturated heterocycles. The van der Waals surface area contributed by atoms with Crippen molar-refractivity contribution >= 4 is 16.9 Å². The molecule has 1 aromatic heterocycles. The number of carboxylic acids is 1. The second kappa shape index (κ2) is 6.79. The van der Waals surface area contributed by atoms with Crippen LogP contribution in [0, 0.1) is 13.8 Å². The van der Waals surface area contributed by atoms with Crippen molar-refractivity contribution < 1.29 is 23.8 Å². The number of fused-ring (bicyclic) bond motifs is 1. The first-order valence-corrected chi connectivity index (χ1v) is 8.41. The fraction of sp³-hybridized carbons (Fsp3) is 0.238. The predicted octanol–water partition coefficient (Wildman–Crippen LogP) is 4.44. The number of ether oxygens (including phenoxy) is 2. The van der Waals surface area contributed by atoms with Gasteiger partial charge < -0.3 is 19.0 Å². The minimum atomic E-state index is -1.40. The van der Waals surface area contributed by atoms with Crippen LogP contribution in [0.15, 0.2) is 51.9 Å². The van der Waals surface area contributed by atoms with Gasteiger partial charge in [-0.25, -0.2) is 4.79 Å². The number of benzene rings is 2. The smallest absolute Gasteiger partial charge is 0.347 e. The summed E-state index contributed by atoms with van der Waals surface area (Å²) in [6, 6.07) is 10.3. The minimum absolute atomic E-state index is 0.0828. The van der Waals surface area contributed by atoms with Crippen molar-refractivity contribution in [2.24, 2.45) is 0 Å². The molecule has 0 aliphatic heterocycles. The highest BCUT2D eigenvalue weighted by molar-refractivity contribution is 5.80. The first-order chi connectivity index (χ1) is 12.7. The zero-order chi connectivity index (χ0) is 19.8. The average Bonchev–Trinajstić information content (AvgIpc) is 2.59. The Morgan fingerprint density at radius 1 is 1.11 bits per heavy atom. The SMILES string of the molecule is Cc1cccc(C)c1Oc1coc2cc(OC(C)(C)C(=O)O)ccc2c1=O. The first kappa shape index (κ1) is 18.5. The van der Waals surface area contributed by atoms with Gasteiger partial charge in [-0.15, -0.1) is 0 Å². The Kier molecular flexibility index (Phi) is 4.66. The summed E-state index contributed by atoms with van der Waals surface area (Å²) in [5, 5.41) is 9.49. The Labute approximate surface area is 156 Å². The van der Waals surface area contributed by atoms with Crippen molar-refractivity contribution in [3.05, 3.63) is 64.0 Å². The summed E-state index contributed by atoms with van der Waals surface area (Å²) in [4.78, 5) is 23.9. The molecule has 0 spiro atoms. The van der Waals surface area contributed by atoms with E-state index in [0.29, 0.717) is 16.9 Å². The Morgan fingerprint density at radius 3 is 2.41 bits per heavy atom. The van der Waals surface area contributed by atoms with Crippen LogP contribution >= 0.6 is 0 Å². The van der Waals surface area contributed by atoms with E-state index < -0.39 is 11.6 Å². The van der Waals surface area contributed by atoms with Crippen LogP contribution in [0.2, 0.25) is 0 Å². The zero-order valence-corrected chi connectivity index (χ0v) is 15.5. The zero-order valence-electron chi connectivity index (χ0n) is 15.5. The van der Waals surface area contributed by atoms with E-state index in [1.165, 1.54) is 38.3 Å². The van der Waals surface area contributed by atoms with Crippen molar-refractivity contribution in [3.63, 3.8) is 0 Å². The topological polar surface area (TPSA) is 86.0 Å². The molecule has 140 valence electrons. The normalized spacial score (nSPS) is 11.4. The van der Waals surface area contributed by atoms with Gasteiger partial charge >= 0.3 is 5.97 Å². The molecule has 0 unspecified atom stereocenters. The molecule has 0 amide bonds. The number of aliphatic carboxylic acids is 1. The molecule has 6 heteroatoms. The molecule has 6 nitrogen and oxygen atoms in total. The molecular formula is C21H20O6. The lowest BCUT2D eigenvalue weighted by molar-refractivity contribution is -0.152. The summed E-state index contributed by atoms with van der Waals surface area (Å²) in [6.07, 6.45) is 1.25. The van der Waals surface area contributed by atoms with E-state index in [-0.39, 0.29) is 16.8 Å². The van der Waals surface area contributed by atoms with Crippen LogP contribution in [0.3, 0.4) is 0 Å². The summed E-state index contributed by atoms with van der Waals surface area (Å²) in [5.74, 6) is -0.102. The predicted molar refractivity (Wildman–Crippen MR) is 101 cm³/mol. The number of carboxylic acid groups (broad SMARTS) is 1. The second-order valence-electron chi connectivity index (χ2n) is 6.83. The van der Waals surface area contributed by atoms with Gasteiger partial charge in [0.05, 0.1) is 5.39 Å². The van der Waals surface area contributed by atoms with E-state index in [1.54, 1.807) is 0 Å². The first-order valence-electron chi connectivity index (χ1n) is 8.41. The van der Waals surface area contributed by atoms with Gasteiger partial charge in [0.25, 0.3) is 0 Å². The maximum atomic E-state index is 12.7. The molecule has 3 aromatic rings. The van der Waals surface area contributed by atoms with Gasteiger partial charge in [-0.05, 0) is 51.0 Å². The lowest BCUT2D eigenvalue weighted by Crippen LogP contribution is -2.37. The molecular weight excluding hydrogens is 348 g/mol. The Balaban J connectivity index is 1.98. The molecule has 0 fully saturated rings. The van der Waals surface area contributed by atoms with Gasteiger partial charge in [-0.1, -0.05) is 18.2 Å². The number of para-hydroxylation sites is 1. The van der Waals surface area contributed by atoms with Crippen molar-refractivity contribution in [1.82, 2.24) is 0 Å². The third-order valence-electron chi connectivity index (χ3n) is 4.22. The number of rotatable bonds is 5. The summed E-state index contributed by atoms with van der Waals surface area (Å²) in [7, 11) is 0. The van der Waals surface area contributed by atoms with E-state index in [0.717, 1.165) is 11.1 Å². The number of carbonyl (C=O) groups is 1. The molecule has 0 atom stereocenters. The highest BCUT2D eigenvalue weighted by Crippen LogP contribution is 2.29. The third kappa shape index (κ3) is 3.65. The number of hydrogen-bond acceptors (Lipinski definition) is 5. The molecule has 0 saturated carbocycles. The summed E-state index contributed by atoms with van der Waals surface area (Å²) in [5.41, 5.74) is 0.387. The Morgan fingerprint density at radius 2 is 1.78 bits per heavy atom. The summed E-state index contributed by atoms with van der Waals surface area (Å²) < 4.78 is 16.8. The second-order valence-corrected chi connectivity index (χ2v) is 6.83. The van der Waals surface area contributed by atoms with Crippen molar-refractivity contribution in [2.75, 3.05) is 0 Å². The molecule has 0 radical (unpaired) electrons. The highest BCUT2D eigenvalue weighted by Gasteiger charge is 2.29. The van der Waals surface area contributed by atoms with E-state index in [2.05, 4.69) is 0 Å². The third-order valence-corrected chi connectivity index (χ3v) is 4.22. The minimum Gasteiger partial charge on any atom is -0.478 e. The fourth-order valence-electron chi connectivity index (χ4n) is 2.63. The van der Waals surface area contributed by atoms with Gasteiger partial charge in [0, 0.05) is 6.07 Å². The van der Waals surface area contributed by atoms with Gasteiger partial charge in [-0.3, -0.25) is 4.79 Å². The van der Waals surface area contributed by atoms with Crippen molar-refractivity contribution in [1.29, 1.82) is 0 Å². The Bertz CT molecular complexity index is 1060. The molecule has 1 N–H and O–H groups in total. The number of aryl methyl sites for hydroxylation is 2. The van der Waals surface area contributed by atoms with Crippen LogP contribution < -0.4 is 14.9 Å². The Hall–Kier alpha value is -3.28. The van der Waals surface area contributed by atoms with Crippen molar-refractivity contribution in [2.45, 2.75) is 33.3 Å². The van der Waals surface area contributed by atoms with Crippen molar-refractivity contribution in [3.8, 4) is 17.2 Å². The van der Waals surface area contributed by atoms with Crippen LogP contribution in [0.5, 0.6) is 17.2 Å². The van der Waals surface area contributed by atoms with E-state index in [9.17, 15) is 9.59 Å². The van der Waals surface area contributed by atoms with Crippen LogP contribution in [0.1, 0.15) is 25.0 Å².